The van der Waals surface area contributed by atoms with Crippen LogP contribution < -0.4 is 0 Å². The van der Waals surface area contributed by atoms with Gasteiger partial charge >= 0.3 is 0 Å². The van der Waals surface area contributed by atoms with Gasteiger partial charge in [0.25, 0.3) is 5.69 Å². The van der Waals surface area contributed by atoms with Crippen LogP contribution in [0.4, 0.5) is 5.69 Å². The third-order valence-electron chi connectivity index (χ3n) is 4.44. The van der Waals surface area contributed by atoms with Crippen molar-refractivity contribution in [2.75, 3.05) is 24.6 Å². The molecule has 0 N–H and O–H groups in total. The first-order chi connectivity index (χ1) is 13.2. The number of benzene rings is 2. The zero-order valence-electron chi connectivity index (χ0n) is 14.6. The summed E-state index contributed by atoms with van der Waals surface area (Å²) >= 11 is 3.46. The van der Waals surface area contributed by atoms with Gasteiger partial charge in [0, 0.05) is 54.4 Å². The second-order valence-corrected chi connectivity index (χ2v) is 8.51. The molecular formula is C19H18N4O2S2. The molecule has 138 valence electrons. The molecule has 3 aromatic rings. The predicted molar refractivity (Wildman–Crippen MR) is 110 cm³/mol. The molecule has 4 rings (SSSR count). The normalized spacial score (nSPS) is 15.0. The van der Waals surface area contributed by atoms with E-state index in [0.717, 1.165) is 30.2 Å². The number of nitro groups is 1. The van der Waals surface area contributed by atoms with E-state index in [0.29, 0.717) is 10.6 Å². The van der Waals surface area contributed by atoms with Crippen molar-refractivity contribution < 1.29 is 4.92 Å². The summed E-state index contributed by atoms with van der Waals surface area (Å²) in [6.45, 7) is 3.28. The van der Waals surface area contributed by atoms with Crippen LogP contribution in [0.5, 0.6) is 0 Å². The van der Waals surface area contributed by atoms with Gasteiger partial charge < -0.3 is 0 Å². The Labute approximate surface area is 165 Å². The predicted octanol–water partition coefficient (Wildman–Crippen LogP) is 4.33. The summed E-state index contributed by atoms with van der Waals surface area (Å²) in [5, 5.41) is 20.9. The lowest BCUT2D eigenvalue weighted by Crippen LogP contribution is -2.31. The number of hydrogen-bond acceptors (Lipinski definition) is 7. The third kappa shape index (κ3) is 4.35. The van der Waals surface area contributed by atoms with Gasteiger partial charge in [-0.3, -0.25) is 15.0 Å². The van der Waals surface area contributed by atoms with E-state index in [2.05, 4.69) is 39.4 Å². The van der Waals surface area contributed by atoms with Gasteiger partial charge in [0.15, 0.2) is 0 Å². The van der Waals surface area contributed by atoms with Crippen molar-refractivity contribution >= 4 is 28.8 Å². The zero-order chi connectivity index (χ0) is 18.6. The van der Waals surface area contributed by atoms with Gasteiger partial charge in [0.2, 0.25) is 0 Å². The molecule has 1 aliphatic rings. The molecule has 6 nitrogen and oxygen atoms in total. The average Bonchev–Trinajstić information content (AvgIpc) is 3.20. The van der Waals surface area contributed by atoms with Crippen LogP contribution in [0.2, 0.25) is 0 Å². The molecule has 0 atom stereocenters. The molecule has 0 bridgehead atoms. The molecule has 2 aromatic carbocycles. The van der Waals surface area contributed by atoms with Crippen molar-refractivity contribution in [3.63, 3.8) is 0 Å². The molecule has 2 heterocycles. The van der Waals surface area contributed by atoms with Gasteiger partial charge in [-0.2, -0.15) is 11.8 Å². The summed E-state index contributed by atoms with van der Waals surface area (Å²) in [5.41, 5.74) is 3.09. The molecule has 0 amide bonds. The van der Waals surface area contributed by atoms with Crippen LogP contribution in [0.1, 0.15) is 5.56 Å². The second-order valence-electron chi connectivity index (χ2n) is 6.31. The van der Waals surface area contributed by atoms with E-state index in [-0.39, 0.29) is 5.69 Å². The number of thioether (sulfide) groups is 1. The highest BCUT2D eigenvalue weighted by Crippen LogP contribution is 2.31. The number of aromatic nitrogens is 2. The van der Waals surface area contributed by atoms with Gasteiger partial charge in [0.1, 0.15) is 10.0 Å². The maximum Gasteiger partial charge on any atom is 0.270 e. The largest absolute Gasteiger partial charge is 0.297 e. The van der Waals surface area contributed by atoms with Crippen LogP contribution in [0.25, 0.3) is 21.1 Å². The van der Waals surface area contributed by atoms with Crippen LogP contribution in [0.3, 0.4) is 0 Å². The highest BCUT2D eigenvalue weighted by atomic mass is 32.2. The summed E-state index contributed by atoms with van der Waals surface area (Å²) in [5.74, 6) is 2.42. The fraction of sp³-hybridized carbons (Fsp3) is 0.263. The Morgan fingerprint density at radius 3 is 2.41 bits per heavy atom. The smallest absolute Gasteiger partial charge is 0.270 e. The van der Waals surface area contributed by atoms with Gasteiger partial charge in [-0.15, -0.1) is 10.2 Å². The average molecular weight is 399 g/mol. The molecule has 27 heavy (non-hydrogen) atoms. The second kappa shape index (κ2) is 8.16. The topological polar surface area (TPSA) is 72.2 Å². The maximum atomic E-state index is 11.0. The van der Waals surface area contributed by atoms with Gasteiger partial charge in [-0.25, -0.2) is 0 Å². The number of nitrogens with zero attached hydrogens (tertiary/aromatic N) is 4. The van der Waals surface area contributed by atoms with Crippen LogP contribution in [0.15, 0.2) is 48.5 Å². The molecule has 0 spiro atoms. The van der Waals surface area contributed by atoms with Crippen LogP contribution in [-0.4, -0.2) is 44.6 Å². The van der Waals surface area contributed by atoms with Crippen molar-refractivity contribution in [1.29, 1.82) is 0 Å². The Morgan fingerprint density at radius 2 is 1.70 bits per heavy atom. The van der Waals surface area contributed by atoms with E-state index < -0.39 is 4.92 Å². The Hall–Kier alpha value is -2.29. The molecule has 1 aromatic heterocycles. The van der Waals surface area contributed by atoms with Gasteiger partial charge in [-0.05, 0) is 5.56 Å². The first-order valence-electron chi connectivity index (χ1n) is 8.67. The van der Waals surface area contributed by atoms with E-state index >= 15 is 0 Å². The molecule has 0 unspecified atom stereocenters. The van der Waals surface area contributed by atoms with Crippen LogP contribution in [-0.2, 0) is 6.54 Å². The summed E-state index contributed by atoms with van der Waals surface area (Å²) in [6, 6.07) is 14.9. The third-order valence-corrected chi connectivity index (χ3v) is 6.40. The quantitative estimate of drug-likeness (QED) is 0.470. The lowest BCUT2D eigenvalue weighted by Gasteiger charge is -2.26. The Kier molecular flexibility index (Phi) is 5.47. The minimum atomic E-state index is -0.398. The summed E-state index contributed by atoms with van der Waals surface area (Å²) in [7, 11) is 0. The highest BCUT2D eigenvalue weighted by Gasteiger charge is 2.13. The molecular weight excluding hydrogens is 380 g/mol. The number of non-ortho nitro benzene ring substituents is 1. The fourth-order valence-corrected chi connectivity index (χ4v) is 4.80. The van der Waals surface area contributed by atoms with Gasteiger partial charge in [0.05, 0.1) is 4.92 Å². The van der Waals surface area contributed by atoms with Crippen molar-refractivity contribution in [2.45, 2.75) is 6.54 Å². The summed E-state index contributed by atoms with van der Waals surface area (Å²) in [6.07, 6.45) is 0. The molecule has 0 saturated carbocycles. The molecule has 0 aliphatic carbocycles. The monoisotopic (exact) mass is 398 g/mol. The highest BCUT2D eigenvalue weighted by molar-refractivity contribution is 7.99. The van der Waals surface area contributed by atoms with E-state index in [1.807, 2.05) is 17.8 Å². The van der Waals surface area contributed by atoms with Crippen LogP contribution in [0, 0.1) is 10.1 Å². The Bertz CT molecular complexity index is 937. The van der Waals surface area contributed by atoms with Crippen LogP contribution >= 0.6 is 23.1 Å². The minimum absolute atomic E-state index is 0.0599. The van der Waals surface area contributed by atoms with E-state index in [1.165, 1.54) is 40.5 Å². The van der Waals surface area contributed by atoms with E-state index in [1.54, 1.807) is 6.07 Å². The Morgan fingerprint density at radius 1 is 1.00 bits per heavy atom. The zero-order valence-corrected chi connectivity index (χ0v) is 16.2. The fourth-order valence-electron chi connectivity index (χ4n) is 2.98. The molecule has 8 heteroatoms. The van der Waals surface area contributed by atoms with Crippen molar-refractivity contribution in [3.05, 3.63) is 64.2 Å². The minimum Gasteiger partial charge on any atom is -0.297 e. The Balaban J connectivity index is 1.49. The van der Waals surface area contributed by atoms with Crippen molar-refractivity contribution in [1.82, 2.24) is 15.1 Å². The number of hydrogen-bond donors (Lipinski definition) is 0. The van der Waals surface area contributed by atoms with E-state index in [4.69, 9.17) is 0 Å². The molecule has 1 fully saturated rings. The molecule has 1 aliphatic heterocycles. The molecule has 1 saturated heterocycles. The first kappa shape index (κ1) is 18.1. The molecule has 0 radical (unpaired) electrons. The number of rotatable bonds is 5. The van der Waals surface area contributed by atoms with E-state index in [9.17, 15) is 10.1 Å². The standard InChI is InChI=1S/C19H18N4O2S2/c24-23(25)17-3-1-2-16(12-17)19-21-20-18(27-19)15-6-4-14(5-7-15)13-22-8-10-26-11-9-22/h1-7,12H,8-11,13H2. The SMILES string of the molecule is O=[N+]([O-])c1cccc(-c2nnc(-c3ccc(CN4CCSCC4)cc3)s2)c1. The van der Waals surface area contributed by atoms with Gasteiger partial charge in [-0.1, -0.05) is 47.7 Å². The maximum absolute atomic E-state index is 11.0. The lowest BCUT2D eigenvalue weighted by atomic mass is 10.1. The lowest BCUT2D eigenvalue weighted by molar-refractivity contribution is -0.384. The number of nitro benzene ring substituents is 1. The van der Waals surface area contributed by atoms with Crippen molar-refractivity contribution in [2.24, 2.45) is 0 Å². The first-order valence-corrected chi connectivity index (χ1v) is 10.6. The van der Waals surface area contributed by atoms with Crippen molar-refractivity contribution in [3.8, 4) is 21.1 Å². The summed E-state index contributed by atoms with van der Waals surface area (Å²) < 4.78 is 0. The summed E-state index contributed by atoms with van der Waals surface area (Å²) in [4.78, 5) is 13.0.